The van der Waals surface area contributed by atoms with E-state index in [4.69, 9.17) is 9.97 Å². The van der Waals surface area contributed by atoms with Crippen molar-refractivity contribution in [3.63, 3.8) is 0 Å². The second-order valence-corrected chi connectivity index (χ2v) is 10.3. The number of benzene rings is 5. The molecule has 196 valence electrons. The SMILES string of the molecule is c1cncc(-c2cccc3c(-c4nc5ccccc5nc4-c4cccc5c(-c6cccnc6)cccc45)cccc23)c1. The van der Waals surface area contributed by atoms with Crippen LogP contribution in [-0.2, 0) is 0 Å². The maximum absolute atomic E-state index is 5.28. The third-order valence-corrected chi connectivity index (χ3v) is 7.87. The summed E-state index contributed by atoms with van der Waals surface area (Å²) in [5.41, 5.74) is 10.0. The summed E-state index contributed by atoms with van der Waals surface area (Å²) in [5, 5.41) is 4.56. The van der Waals surface area contributed by atoms with Gasteiger partial charge in [0.25, 0.3) is 0 Å². The average Bonchev–Trinajstić information content (AvgIpc) is 3.07. The van der Waals surface area contributed by atoms with Gasteiger partial charge in [0.15, 0.2) is 0 Å². The molecule has 4 heteroatoms. The quantitative estimate of drug-likeness (QED) is 0.225. The van der Waals surface area contributed by atoms with Gasteiger partial charge in [-0.3, -0.25) is 9.97 Å². The molecule has 0 amide bonds. The number of para-hydroxylation sites is 2. The van der Waals surface area contributed by atoms with Gasteiger partial charge in [-0.05, 0) is 56.9 Å². The Morgan fingerprint density at radius 3 is 1.14 bits per heavy atom. The van der Waals surface area contributed by atoms with Crippen molar-refractivity contribution >= 4 is 32.6 Å². The Kier molecular flexibility index (Phi) is 5.75. The lowest BCUT2D eigenvalue weighted by molar-refractivity contribution is 1.30. The lowest BCUT2D eigenvalue weighted by Gasteiger charge is -2.16. The standard InChI is InChI=1S/C38H24N4/c1-2-20-36-35(19-1)41-37(33-17-5-13-29-27(11-3-15-31(29)33)25-9-7-21-39-23-25)38(42-36)34-18-6-14-30-28(12-4-16-32(30)34)26-10-8-22-40-24-26/h1-24H. The Labute approximate surface area is 243 Å². The first-order chi connectivity index (χ1) is 20.8. The number of pyridine rings is 2. The summed E-state index contributed by atoms with van der Waals surface area (Å²) in [5.74, 6) is 0. The van der Waals surface area contributed by atoms with Crippen LogP contribution in [0.5, 0.6) is 0 Å². The highest BCUT2D eigenvalue weighted by Crippen LogP contribution is 2.41. The van der Waals surface area contributed by atoms with Crippen LogP contribution in [0.4, 0.5) is 0 Å². The van der Waals surface area contributed by atoms with E-state index >= 15 is 0 Å². The number of hydrogen-bond donors (Lipinski definition) is 0. The molecule has 0 spiro atoms. The van der Waals surface area contributed by atoms with Crippen molar-refractivity contribution in [1.82, 2.24) is 19.9 Å². The first-order valence-corrected chi connectivity index (χ1v) is 14.0. The summed E-state index contributed by atoms with van der Waals surface area (Å²) in [6.45, 7) is 0. The summed E-state index contributed by atoms with van der Waals surface area (Å²) in [6, 6.07) is 42.0. The minimum Gasteiger partial charge on any atom is -0.264 e. The molecule has 0 saturated heterocycles. The fraction of sp³-hybridized carbons (Fsp3) is 0. The molecule has 8 rings (SSSR count). The fourth-order valence-corrected chi connectivity index (χ4v) is 5.96. The van der Waals surface area contributed by atoms with Crippen molar-refractivity contribution in [3.05, 3.63) is 146 Å². The minimum atomic E-state index is 0.863. The highest BCUT2D eigenvalue weighted by molar-refractivity contribution is 6.09. The second kappa shape index (κ2) is 10.0. The Morgan fingerprint density at radius 1 is 0.333 bits per heavy atom. The van der Waals surface area contributed by atoms with Crippen LogP contribution in [0.15, 0.2) is 146 Å². The van der Waals surface area contributed by atoms with Crippen LogP contribution in [0.2, 0.25) is 0 Å². The van der Waals surface area contributed by atoms with Gasteiger partial charge in [0.05, 0.1) is 22.4 Å². The predicted molar refractivity (Wildman–Crippen MR) is 172 cm³/mol. The molecule has 3 aromatic heterocycles. The maximum Gasteiger partial charge on any atom is 0.0979 e. The average molecular weight is 537 g/mol. The van der Waals surface area contributed by atoms with Gasteiger partial charge in [0.2, 0.25) is 0 Å². The molecule has 0 bridgehead atoms. The Balaban J connectivity index is 1.43. The molecule has 0 N–H and O–H groups in total. The van der Waals surface area contributed by atoms with E-state index in [0.29, 0.717) is 0 Å². The van der Waals surface area contributed by atoms with Crippen molar-refractivity contribution in [3.8, 4) is 44.8 Å². The summed E-state index contributed by atoms with van der Waals surface area (Å²) in [6.07, 6.45) is 7.44. The molecule has 0 fully saturated rings. The molecule has 8 aromatic rings. The normalized spacial score (nSPS) is 11.3. The number of fused-ring (bicyclic) bond motifs is 3. The fourth-order valence-electron chi connectivity index (χ4n) is 5.96. The van der Waals surface area contributed by atoms with E-state index in [-0.39, 0.29) is 0 Å². The van der Waals surface area contributed by atoms with Crippen LogP contribution in [0.3, 0.4) is 0 Å². The maximum atomic E-state index is 5.28. The third-order valence-electron chi connectivity index (χ3n) is 7.87. The molecule has 0 saturated carbocycles. The molecule has 0 aliphatic carbocycles. The molecular formula is C38H24N4. The first kappa shape index (κ1) is 24.1. The van der Waals surface area contributed by atoms with Gasteiger partial charge in [0.1, 0.15) is 0 Å². The van der Waals surface area contributed by atoms with Gasteiger partial charge < -0.3 is 0 Å². The molecule has 4 nitrogen and oxygen atoms in total. The van der Waals surface area contributed by atoms with Crippen LogP contribution in [-0.4, -0.2) is 19.9 Å². The highest BCUT2D eigenvalue weighted by Gasteiger charge is 2.19. The van der Waals surface area contributed by atoms with E-state index < -0.39 is 0 Å². The molecular weight excluding hydrogens is 512 g/mol. The zero-order valence-electron chi connectivity index (χ0n) is 22.6. The highest BCUT2D eigenvalue weighted by atomic mass is 14.8. The van der Waals surface area contributed by atoms with Crippen molar-refractivity contribution in [2.45, 2.75) is 0 Å². The number of rotatable bonds is 4. The molecule has 0 aliphatic rings. The van der Waals surface area contributed by atoms with E-state index in [2.05, 4.69) is 94.9 Å². The van der Waals surface area contributed by atoms with E-state index in [9.17, 15) is 0 Å². The Bertz CT molecular complexity index is 2080. The molecule has 0 atom stereocenters. The van der Waals surface area contributed by atoms with Crippen molar-refractivity contribution in [2.24, 2.45) is 0 Å². The zero-order valence-corrected chi connectivity index (χ0v) is 22.6. The summed E-state index contributed by atoms with van der Waals surface area (Å²) >= 11 is 0. The molecule has 42 heavy (non-hydrogen) atoms. The van der Waals surface area contributed by atoms with E-state index in [1.807, 2.05) is 48.8 Å². The smallest absolute Gasteiger partial charge is 0.0979 e. The van der Waals surface area contributed by atoms with Gasteiger partial charge in [-0.2, -0.15) is 0 Å². The summed E-state index contributed by atoms with van der Waals surface area (Å²) in [7, 11) is 0. The topological polar surface area (TPSA) is 51.6 Å². The van der Waals surface area contributed by atoms with Crippen molar-refractivity contribution in [2.75, 3.05) is 0 Å². The van der Waals surface area contributed by atoms with Crippen molar-refractivity contribution in [1.29, 1.82) is 0 Å². The lowest BCUT2D eigenvalue weighted by Crippen LogP contribution is -1.97. The molecule has 0 unspecified atom stereocenters. The van der Waals surface area contributed by atoms with Gasteiger partial charge in [-0.1, -0.05) is 97.1 Å². The summed E-state index contributed by atoms with van der Waals surface area (Å²) in [4.78, 5) is 19.3. The van der Waals surface area contributed by atoms with Crippen LogP contribution >= 0.6 is 0 Å². The predicted octanol–water partition coefficient (Wildman–Crippen LogP) is 9.39. The van der Waals surface area contributed by atoms with Gasteiger partial charge >= 0.3 is 0 Å². The minimum absolute atomic E-state index is 0.863. The van der Waals surface area contributed by atoms with Gasteiger partial charge in [-0.25, -0.2) is 9.97 Å². The number of nitrogens with zero attached hydrogens (tertiary/aromatic N) is 4. The van der Waals surface area contributed by atoms with Crippen molar-refractivity contribution < 1.29 is 0 Å². The van der Waals surface area contributed by atoms with E-state index in [1.54, 1.807) is 12.4 Å². The third kappa shape index (κ3) is 4.01. The van der Waals surface area contributed by atoms with Crippen LogP contribution < -0.4 is 0 Å². The number of hydrogen-bond acceptors (Lipinski definition) is 4. The molecule has 5 aromatic carbocycles. The molecule has 3 heterocycles. The van der Waals surface area contributed by atoms with E-state index in [1.165, 1.54) is 0 Å². The zero-order chi connectivity index (χ0) is 27.9. The Hall–Kier alpha value is -5.74. The largest absolute Gasteiger partial charge is 0.264 e. The summed E-state index contributed by atoms with van der Waals surface area (Å²) < 4.78 is 0. The second-order valence-electron chi connectivity index (χ2n) is 10.3. The Morgan fingerprint density at radius 2 is 0.738 bits per heavy atom. The van der Waals surface area contributed by atoms with Crippen LogP contribution in [0.25, 0.3) is 77.3 Å². The molecule has 0 aliphatic heterocycles. The lowest BCUT2D eigenvalue weighted by atomic mass is 9.91. The first-order valence-electron chi connectivity index (χ1n) is 14.0. The van der Waals surface area contributed by atoms with Crippen LogP contribution in [0, 0.1) is 0 Å². The van der Waals surface area contributed by atoms with Crippen LogP contribution in [0.1, 0.15) is 0 Å². The van der Waals surface area contributed by atoms with E-state index in [0.717, 1.165) is 77.3 Å². The monoisotopic (exact) mass is 536 g/mol. The van der Waals surface area contributed by atoms with Gasteiger partial charge in [0, 0.05) is 47.0 Å². The number of aromatic nitrogens is 4. The molecule has 0 radical (unpaired) electrons. The van der Waals surface area contributed by atoms with Gasteiger partial charge in [-0.15, -0.1) is 0 Å².